The Morgan fingerprint density at radius 3 is 2.65 bits per heavy atom. The van der Waals surface area contributed by atoms with Crippen molar-refractivity contribution in [2.45, 2.75) is 39.0 Å². The van der Waals surface area contributed by atoms with Crippen LogP contribution in [0.3, 0.4) is 0 Å². The van der Waals surface area contributed by atoms with E-state index >= 15 is 0 Å². The first kappa shape index (κ1) is 23.7. The van der Waals surface area contributed by atoms with Gasteiger partial charge in [-0.1, -0.05) is 30.3 Å². The molecule has 1 atom stereocenters. The molecular formula is C24H29N5O5. The zero-order valence-electron chi connectivity index (χ0n) is 19.4. The summed E-state index contributed by atoms with van der Waals surface area (Å²) in [5.74, 6) is 1.45. The Morgan fingerprint density at radius 2 is 1.91 bits per heavy atom. The average Bonchev–Trinajstić information content (AvgIpc) is 3.36. The van der Waals surface area contributed by atoms with Crippen LogP contribution in [0, 0.1) is 0 Å². The van der Waals surface area contributed by atoms with Crippen molar-refractivity contribution in [2.24, 2.45) is 0 Å². The average molecular weight is 468 g/mol. The van der Waals surface area contributed by atoms with E-state index in [1.54, 1.807) is 12.0 Å². The highest BCUT2D eigenvalue weighted by Gasteiger charge is 2.30. The maximum Gasteiger partial charge on any atom is 0.300 e. The number of oxazole rings is 1. The molecule has 180 valence electrons. The van der Waals surface area contributed by atoms with Crippen LogP contribution >= 0.6 is 0 Å². The monoisotopic (exact) mass is 467 g/mol. The number of imidazole rings is 1. The molecule has 0 radical (unpaired) electrons. The number of aromatic nitrogens is 3. The highest BCUT2D eigenvalue weighted by atomic mass is 16.5. The Morgan fingerprint density at radius 1 is 1.15 bits per heavy atom. The van der Waals surface area contributed by atoms with Gasteiger partial charge in [0.25, 0.3) is 11.9 Å². The molecule has 2 aliphatic heterocycles. The van der Waals surface area contributed by atoms with Gasteiger partial charge >= 0.3 is 0 Å². The van der Waals surface area contributed by atoms with Crippen LogP contribution in [0.25, 0.3) is 0 Å². The maximum atomic E-state index is 13.1. The van der Waals surface area contributed by atoms with Crippen LogP contribution in [-0.2, 0) is 35.5 Å². The van der Waals surface area contributed by atoms with Crippen LogP contribution in [0.4, 0.5) is 0 Å². The number of carboxylic acids is 1. The third-order valence-electron chi connectivity index (χ3n) is 5.73. The molecular weight excluding hydrogens is 438 g/mol. The Labute approximate surface area is 197 Å². The number of nitrogens with one attached hydrogen (secondary N) is 1. The van der Waals surface area contributed by atoms with E-state index in [9.17, 15) is 4.79 Å². The van der Waals surface area contributed by atoms with Crippen LogP contribution < -0.4 is 5.32 Å². The number of methoxy groups -OCH3 is 1. The Balaban J connectivity index is 0.000000636. The second-order valence-corrected chi connectivity index (χ2v) is 8.18. The van der Waals surface area contributed by atoms with Crippen molar-refractivity contribution in [2.75, 3.05) is 26.7 Å². The lowest BCUT2D eigenvalue weighted by Gasteiger charge is -2.24. The van der Waals surface area contributed by atoms with Crippen LogP contribution in [0.1, 0.15) is 52.2 Å². The number of carbonyl (C=O) groups is 2. The second kappa shape index (κ2) is 10.6. The number of fused-ring (bicyclic) bond motifs is 2. The van der Waals surface area contributed by atoms with E-state index in [1.807, 2.05) is 36.5 Å². The Bertz CT molecular complexity index is 1110. The predicted molar refractivity (Wildman–Crippen MR) is 122 cm³/mol. The standard InChI is InChI=1S/C22H25N5O3.C2H4O2/c1-29-20(15-5-3-2-4-6-15)21-25-16-13-27(11-8-18(16)30-21)22(28)17-14-26-12-10-23-9-7-19(26)24-17;1-2(3)4/h2-6,14,20,23H,7-13H2,1H3;1H3,(H,3,4). The highest BCUT2D eigenvalue weighted by molar-refractivity contribution is 5.92. The fourth-order valence-electron chi connectivity index (χ4n) is 4.15. The number of ether oxygens (including phenoxy) is 1. The van der Waals surface area contributed by atoms with Gasteiger partial charge in [-0.3, -0.25) is 9.59 Å². The molecule has 5 rings (SSSR count). The van der Waals surface area contributed by atoms with Gasteiger partial charge < -0.3 is 29.0 Å². The van der Waals surface area contributed by atoms with Crippen molar-refractivity contribution in [1.82, 2.24) is 24.8 Å². The molecule has 10 nitrogen and oxygen atoms in total. The van der Waals surface area contributed by atoms with Gasteiger partial charge in [0, 0.05) is 59.3 Å². The topological polar surface area (TPSA) is 123 Å². The number of carbonyl (C=O) groups excluding carboxylic acids is 1. The molecule has 2 N–H and O–H groups in total. The van der Waals surface area contributed by atoms with Gasteiger partial charge in [-0.25, -0.2) is 9.97 Å². The number of benzene rings is 1. The summed E-state index contributed by atoms with van der Waals surface area (Å²) in [7, 11) is 1.65. The molecule has 34 heavy (non-hydrogen) atoms. The third kappa shape index (κ3) is 5.35. The van der Waals surface area contributed by atoms with Crippen LogP contribution in [-0.4, -0.2) is 63.2 Å². The molecule has 10 heteroatoms. The molecule has 4 heterocycles. The van der Waals surface area contributed by atoms with Crippen molar-refractivity contribution in [3.63, 3.8) is 0 Å². The minimum Gasteiger partial charge on any atom is -0.481 e. The fraction of sp³-hybridized carbons (Fsp3) is 0.417. The lowest BCUT2D eigenvalue weighted by atomic mass is 10.1. The Hall–Kier alpha value is -3.50. The first-order valence-electron chi connectivity index (χ1n) is 11.3. The molecule has 3 aromatic rings. The van der Waals surface area contributed by atoms with Crippen molar-refractivity contribution >= 4 is 11.9 Å². The maximum absolute atomic E-state index is 13.1. The molecule has 1 aromatic carbocycles. The quantitative estimate of drug-likeness (QED) is 0.598. The lowest BCUT2D eigenvalue weighted by Crippen LogP contribution is -2.36. The molecule has 0 saturated heterocycles. The largest absolute Gasteiger partial charge is 0.481 e. The summed E-state index contributed by atoms with van der Waals surface area (Å²) < 4.78 is 13.8. The number of rotatable bonds is 4. The predicted octanol–water partition coefficient (Wildman–Crippen LogP) is 2.04. The summed E-state index contributed by atoms with van der Waals surface area (Å²) in [6.45, 7) is 4.72. The second-order valence-electron chi connectivity index (χ2n) is 8.18. The van der Waals surface area contributed by atoms with Gasteiger partial charge in [-0.15, -0.1) is 0 Å². The summed E-state index contributed by atoms with van der Waals surface area (Å²) in [5.41, 5.74) is 2.30. The van der Waals surface area contributed by atoms with Crippen LogP contribution in [0.15, 0.2) is 40.9 Å². The van der Waals surface area contributed by atoms with Gasteiger partial charge in [0.1, 0.15) is 23.0 Å². The first-order valence-corrected chi connectivity index (χ1v) is 11.3. The summed E-state index contributed by atoms with van der Waals surface area (Å²) in [6.07, 6.45) is 2.99. The van der Waals surface area contributed by atoms with Crippen molar-refractivity contribution in [3.05, 3.63) is 71.0 Å². The van der Waals surface area contributed by atoms with Gasteiger partial charge in [0.05, 0.1) is 6.54 Å². The molecule has 1 unspecified atom stereocenters. The Kier molecular flexibility index (Phi) is 7.39. The summed E-state index contributed by atoms with van der Waals surface area (Å²) in [4.78, 5) is 33.2. The molecule has 1 amide bonds. The SMILES string of the molecule is CC(=O)O.COC(c1ccccc1)c1nc2c(o1)CCN(C(=O)c1cn3c(n1)CCNCC3)C2. The number of nitrogens with zero attached hydrogens (tertiary/aromatic N) is 4. The molecule has 0 aliphatic carbocycles. The fourth-order valence-corrected chi connectivity index (χ4v) is 4.15. The normalized spacial score (nSPS) is 15.9. The summed E-state index contributed by atoms with van der Waals surface area (Å²) in [5, 5.41) is 10.8. The minimum absolute atomic E-state index is 0.0508. The van der Waals surface area contributed by atoms with E-state index in [0.717, 1.165) is 55.8 Å². The number of amides is 1. The van der Waals surface area contributed by atoms with Crippen molar-refractivity contribution in [1.29, 1.82) is 0 Å². The van der Waals surface area contributed by atoms with E-state index in [4.69, 9.17) is 19.1 Å². The number of hydrogen-bond donors (Lipinski definition) is 2. The van der Waals surface area contributed by atoms with Crippen molar-refractivity contribution in [3.8, 4) is 0 Å². The molecule has 0 saturated carbocycles. The molecule has 2 aliphatic rings. The molecule has 0 bridgehead atoms. The van der Waals surface area contributed by atoms with Gasteiger partial charge in [0.15, 0.2) is 6.10 Å². The zero-order valence-corrected chi connectivity index (χ0v) is 19.4. The zero-order chi connectivity index (χ0) is 24.1. The van der Waals surface area contributed by atoms with E-state index in [1.165, 1.54) is 0 Å². The third-order valence-corrected chi connectivity index (χ3v) is 5.73. The van der Waals surface area contributed by atoms with Crippen LogP contribution in [0.5, 0.6) is 0 Å². The minimum atomic E-state index is -0.833. The van der Waals surface area contributed by atoms with Gasteiger partial charge in [0.2, 0.25) is 5.89 Å². The molecule has 2 aromatic heterocycles. The van der Waals surface area contributed by atoms with Gasteiger partial charge in [-0.2, -0.15) is 0 Å². The van der Waals surface area contributed by atoms with E-state index in [2.05, 4.69) is 19.9 Å². The summed E-state index contributed by atoms with van der Waals surface area (Å²) >= 11 is 0. The van der Waals surface area contributed by atoms with Crippen LogP contribution in [0.2, 0.25) is 0 Å². The van der Waals surface area contributed by atoms with Gasteiger partial charge in [-0.05, 0) is 5.56 Å². The molecule has 0 fully saturated rings. The molecule has 0 spiro atoms. The first-order chi connectivity index (χ1) is 16.5. The van der Waals surface area contributed by atoms with E-state index in [-0.39, 0.29) is 12.0 Å². The highest BCUT2D eigenvalue weighted by Crippen LogP contribution is 2.29. The van der Waals surface area contributed by atoms with E-state index < -0.39 is 5.97 Å². The lowest BCUT2D eigenvalue weighted by molar-refractivity contribution is -0.134. The number of aliphatic carboxylic acids is 1. The van der Waals surface area contributed by atoms with Crippen molar-refractivity contribution < 1.29 is 23.8 Å². The van der Waals surface area contributed by atoms with E-state index in [0.29, 0.717) is 31.1 Å². The summed E-state index contributed by atoms with van der Waals surface area (Å²) in [6, 6.07) is 9.88. The number of carboxylic acid groups (broad SMARTS) is 1. The number of hydrogen-bond acceptors (Lipinski definition) is 7. The smallest absolute Gasteiger partial charge is 0.300 e.